The molecule has 2 aliphatic heterocycles. The van der Waals surface area contributed by atoms with Crippen molar-refractivity contribution in [2.75, 3.05) is 39.8 Å². The summed E-state index contributed by atoms with van der Waals surface area (Å²) in [4.78, 5) is 34.4. The monoisotopic (exact) mass is 330 g/mol. The van der Waals surface area contributed by atoms with Crippen LogP contribution < -0.4 is 0 Å². The van der Waals surface area contributed by atoms with Crippen LogP contribution in [0.25, 0.3) is 0 Å². The van der Waals surface area contributed by atoms with Gasteiger partial charge in [0, 0.05) is 52.0 Å². The summed E-state index contributed by atoms with van der Waals surface area (Å²) < 4.78 is 0. The fraction of sp³-hybridized carbons (Fsp3) is 0.611. The number of aromatic nitrogens is 1. The highest BCUT2D eigenvalue weighted by molar-refractivity contribution is 5.83. The van der Waals surface area contributed by atoms with Crippen LogP contribution in [0.3, 0.4) is 0 Å². The zero-order valence-electron chi connectivity index (χ0n) is 14.5. The van der Waals surface area contributed by atoms with Gasteiger partial charge in [-0.15, -0.1) is 0 Å². The molecule has 0 aliphatic carbocycles. The number of piperidine rings is 1. The van der Waals surface area contributed by atoms with E-state index in [-0.39, 0.29) is 17.9 Å². The molecule has 1 atom stereocenters. The number of carbonyl (C=O) groups excluding carboxylic acids is 2. The van der Waals surface area contributed by atoms with E-state index in [1.54, 1.807) is 11.8 Å². The molecule has 1 unspecified atom stereocenters. The van der Waals surface area contributed by atoms with Crippen LogP contribution in [0.4, 0.5) is 0 Å². The Morgan fingerprint density at radius 3 is 2.33 bits per heavy atom. The maximum Gasteiger partial charge on any atom is 0.241 e. The average Bonchev–Trinajstić information content (AvgIpc) is 2.62. The number of carbonyl (C=O) groups is 2. The molecule has 1 aromatic heterocycles. The Balaban J connectivity index is 1.59. The Morgan fingerprint density at radius 2 is 1.71 bits per heavy atom. The molecule has 6 heteroatoms. The molecule has 3 rings (SSSR count). The van der Waals surface area contributed by atoms with Gasteiger partial charge in [0.1, 0.15) is 6.04 Å². The molecule has 0 aromatic carbocycles. The highest BCUT2D eigenvalue weighted by Gasteiger charge is 2.35. The predicted molar refractivity (Wildman–Crippen MR) is 91.5 cm³/mol. The minimum Gasteiger partial charge on any atom is -0.341 e. The number of likely N-dealkylation sites (N-methyl/N-ethyl adjacent to an activating group) is 1. The number of amides is 2. The van der Waals surface area contributed by atoms with E-state index in [4.69, 9.17) is 0 Å². The van der Waals surface area contributed by atoms with Gasteiger partial charge >= 0.3 is 0 Å². The number of pyridine rings is 1. The second-order valence-electron chi connectivity index (χ2n) is 6.84. The minimum absolute atomic E-state index is 0.0531. The summed E-state index contributed by atoms with van der Waals surface area (Å²) >= 11 is 0. The zero-order valence-corrected chi connectivity index (χ0v) is 14.5. The fourth-order valence-corrected chi connectivity index (χ4v) is 3.71. The highest BCUT2D eigenvalue weighted by atomic mass is 16.2. The smallest absolute Gasteiger partial charge is 0.241 e. The number of nitrogens with zero attached hydrogens (tertiary/aromatic N) is 4. The minimum atomic E-state index is -0.208. The van der Waals surface area contributed by atoms with E-state index in [2.05, 4.69) is 22.0 Å². The van der Waals surface area contributed by atoms with Crippen molar-refractivity contribution in [2.45, 2.75) is 31.7 Å². The quantitative estimate of drug-likeness (QED) is 0.810. The molecule has 3 heterocycles. The van der Waals surface area contributed by atoms with Gasteiger partial charge in [-0.2, -0.15) is 0 Å². The van der Waals surface area contributed by atoms with Gasteiger partial charge in [0.25, 0.3) is 0 Å². The van der Waals surface area contributed by atoms with E-state index in [9.17, 15) is 9.59 Å². The van der Waals surface area contributed by atoms with Gasteiger partial charge in [0.05, 0.1) is 0 Å². The maximum atomic E-state index is 12.9. The highest BCUT2D eigenvalue weighted by Crippen LogP contribution is 2.28. The second-order valence-corrected chi connectivity index (χ2v) is 6.84. The van der Waals surface area contributed by atoms with Gasteiger partial charge in [-0.25, -0.2) is 0 Å². The Morgan fingerprint density at radius 1 is 1.04 bits per heavy atom. The van der Waals surface area contributed by atoms with Crippen molar-refractivity contribution >= 4 is 11.8 Å². The zero-order chi connectivity index (χ0) is 17.1. The third-order valence-corrected chi connectivity index (χ3v) is 5.36. The van der Waals surface area contributed by atoms with Crippen LogP contribution in [0.2, 0.25) is 0 Å². The van der Waals surface area contributed by atoms with Gasteiger partial charge in [0.2, 0.25) is 11.8 Å². The van der Waals surface area contributed by atoms with Crippen molar-refractivity contribution in [1.29, 1.82) is 0 Å². The van der Waals surface area contributed by atoms with Crippen LogP contribution >= 0.6 is 0 Å². The molecule has 0 bridgehead atoms. The molecule has 130 valence electrons. The lowest BCUT2D eigenvalue weighted by molar-refractivity contribution is -0.143. The summed E-state index contributed by atoms with van der Waals surface area (Å²) in [5.41, 5.74) is 1.31. The van der Waals surface area contributed by atoms with Crippen molar-refractivity contribution in [2.24, 2.45) is 0 Å². The lowest BCUT2D eigenvalue weighted by atomic mass is 9.90. The molecule has 2 aliphatic rings. The van der Waals surface area contributed by atoms with Crippen molar-refractivity contribution < 1.29 is 9.59 Å². The third-order valence-electron chi connectivity index (χ3n) is 5.36. The van der Waals surface area contributed by atoms with E-state index in [1.165, 1.54) is 5.56 Å². The molecule has 0 spiro atoms. The number of hydrogen-bond acceptors (Lipinski definition) is 4. The molecule has 0 saturated carbocycles. The van der Waals surface area contributed by atoms with E-state index < -0.39 is 0 Å². The largest absolute Gasteiger partial charge is 0.341 e. The number of piperazine rings is 1. The molecule has 6 nitrogen and oxygen atoms in total. The van der Waals surface area contributed by atoms with Crippen LogP contribution in [0.15, 0.2) is 24.5 Å². The summed E-state index contributed by atoms with van der Waals surface area (Å²) in [5.74, 6) is 0.726. The standard InChI is InChI=1S/C18H26N4O2/c1-14(23)22-12-11-20(2)17(13-22)18(24)21-9-5-16(6-10-21)15-3-7-19-8-4-15/h3-4,7-8,16-17H,5-6,9-13H2,1-2H3. The molecule has 2 saturated heterocycles. The van der Waals surface area contributed by atoms with Gasteiger partial charge < -0.3 is 9.80 Å². The Bertz CT molecular complexity index is 584. The molecule has 0 N–H and O–H groups in total. The van der Waals surface area contributed by atoms with Crippen LogP contribution in [0.1, 0.15) is 31.2 Å². The number of rotatable bonds is 2. The van der Waals surface area contributed by atoms with Gasteiger partial charge in [0.15, 0.2) is 0 Å². The molecule has 0 radical (unpaired) electrons. The van der Waals surface area contributed by atoms with E-state index in [0.717, 1.165) is 32.5 Å². The molecular weight excluding hydrogens is 304 g/mol. The summed E-state index contributed by atoms with van der Waals surface area (Å²) in [6, 6.07) is 3.93. The second kappa shape index (κ2) is 7.30. The summed E-state index contributed by atoms with van der Waals surface area (Å²) in [7, 11) is 1.98. The fourth-order valence-electron chi connectivity index (χ4n) is 3.71. The van der Waals surface area contributed by atoms with Crippen molar-refractivity contribution in [3.05, 3.63) is 30.1 Å². The van der Waals surface area contributed by atoms with Crippen LogP contribution in [-0.2, 0) is 9.59 Å². The van der Waals surface area contributed by atoms with Crippen molar-refractivity contribution in [3.8, 4) is 0 Å². The third kappa shape index (κ3) is 3.59. The maximum absolute atomic E-state index is 12.9. The van der Waals surface area contributed by atoms with Crippen molar-refractivity contribution in [3.63, 3.8) is 0 Å². The van der Waals surface area contributed by atoms with Crippen LogP contribution in [-0.4, -0.2) is 77.3 Å². The van der Waals surface area contributed by atoms with E-state index >= 15 is 0 Å². The molecule has 1 aromatic rings. The Labute approximate surface area is 143 Å². The van der Waals surface area contributed by atoms with Gasteiger partial charge in [-0.1, -0.05) is 0 Å². The SMILES string of the molecule is CC(=O)N1CCN(C)C(C(=O)N2CCC(c3ccncc3)CC2)C1. The topological polar surface area (TPSA) is 56.8 Å². The summed E-state index contributed by atoms with van der Waals surface area (Å²) in [6.45, 7) is 5.12. The molecular formula is C18H26N4O2. The molecule has 24 heavy (non-hydrogen) atoms. The Hall–Kier alpha value is -1.95. The van der Waals surface area contributed by atoms with Crippen LogP contribution in [0.5, 0.6) is 0 Å². The normalized spacial score (nSPS) is 23.3. The summed E-state index contributed by atoms with van der Waals surface area (Å²) in [5, 5.41) is 0. The first-order valence-electron chi connectivity index (χ1n) is 8.70. The first-order chi connectivity index (χ1) is 11.6. The first-order valence-corrected chi connectivity index (χ1v) is 8.70. The number of likely N-dealkylation sites (tertiary alicyclic amines) is 1. The molecule has 2 amide bonds. The molecule has 2 fully saturated rings. The van der Waals surface area contributed by atoms with Crippen LogP contribution in [0, 0.1) is 0 Å². The lowest BCUT2D eigenvalue weighted by Gasteiger charge is -2.41. The average molecular weight is 330 g/mol. The van der Waals surface area contributed by atoms with Crippen molar-refractivity contribution in [1.82, 2.24) is 19.7 Å². The van der Waals surface area contributed by atoms with Gasteiger partial charge in [-0.05, 0) is 43.5 Å². The number of hydrogen-bond donors (Lipinski definition) is 0. The lowest BCUT2D eigenvalue weighted by Crippen LogP contribution is -2.59. The Kier molecular flexibility index (Phi) is 5.14. The predicted octanol–water partition coefficient (Wildman–Crippen LogP) is 0.950. The summed E-state index contributed by atoms with van der Waals surface area (Å²) in [6.07, 6.45) is 5.64. The van der Waals surface area contributed by atoms with Gasteiger partial charge in [-0.3, -0.25) is 19.5 Å². The van der Waals surface area contributed by atoms with E-state index in [0.29, 0.717) is 19.0 Å². The first kappa shape index (κ1) is 16.9. The van der Waals surface area contributed by atoms with E-state index in [1.807, 2.05) is 24.3 Å².